The minimum Gasteiger partial charge on any atom is -0.486 e. The predicted molar refractivity (Wildman–Crippen MR) is 158 cm³/mol. The number of fused-ring (bicyclic) bond motifs is 1. The number of aromatic nitrogens is 3. The second-order valence-electron chi connectivity index (χ2n) is 9.32. The third kappa shape index (κ3) is 6.77. The minimum absolute atomic E-state index is 0.114. The molecule has 4 rings (SSSR count). The molecule has 0 radical (unpaired) electrons. The molecule has 12 heteroatoms. The van der Waals surface area contributed by atoms with Gasteiger partial charge >= 0.3 is 12.1 Å². The molecular weight excluding hydrogens is 585 g/mol. The monoisotopic (exact) mass is 612 g/mol. The van der Waals surface area contributed by atoms with Gasteiger partial charge in [-0.3, -0.25) is 14.8 Å². The number of aliphatic imine (C=N–C) groups is 1. The molecule has 0 saturated carbocycles. The van der Waals surface area contributed by atoms with E-state index in [9.17, 15) is 22.8 Å². The molecule has 224 valence electrons. The first-order valence-electron chi connectivity index (χ1n) is 13.2. The summed E-state index contributed by atoms with van der Waals surface area (Å²) in [7, 11) is 1.58. The van der Waals surface area contributed by atoms with E-state index < -0.39 is 23.3 Å². The Morgan fingerprint density at radius 1 is 1.19 bits per heavy atom. The first-order chi connectivity index (χ1) is 20.5. The molecular formula is C31H28ClF3N4O4. The molecule has 0 bridgehead atoms. The Hall–Kier alpha value is -4.51. The second kappa shape index (κ2) is 13.2. The number of esters is 1. The topological polar surface area (TPSA) is 95.7 Å². The largest absolute Gasteiger partial charge is 0.486 e. The summed E-state index contributed by atoms with van der Waals surface area (Å²) in [5.41, 5.74) is 0.719. The molecule has 3 heterocycles. The van der Waals surface area contributed by atoms with Gasteiger partial charge in [0.2, 0.25) is 0 Å². The Balaban J connectivity index is 1.72. The Bertz CT molecular complexity index is 1800. The number of hydrogen-bond donors (Lipinski definition) is 0. The zero-order valence-electron chi connectivity index (χ0n) is 23.8. The van der Waals surface area contributed by atoms with Crippen molar-refractivity contribution in [2.75, 3.05) is 13.7 Å². The van der Waals surface area contributed by atoms with Crippen LogP contribution in [0.15, 0.2) is 76.3 Å². The van der Waals surface area contributed by atoms with Gasteiger partial charge in [-0.1, -0.05) is 29.8 Å². The van der Waals surface area contributed by atoms with E-state index in [1.54, 1.807) is 46.0 Å². The lowest BCUT2D eigenvalue weighted by molar-refractivity contribution is -0.139. The number of alkyl halides is 3. The average Bonchev–Trinajstić information content (AvgIpc) is 2.95. The summed E-state index contributed by atoms with van der Waals surface area (Å²) in [4.78, 5) is 38.5. The van der Waals surface area contributed by atoms with Crippen molar-refractivity contribution < 1.29 is 27.4 Å². The third-order valence-corrected chi connectivity index (χ3v) is 6.91. The van der Waals surface area contributed by atoms with Gasteiger partial charge in [0, 0.05) is 41.6 Å². The number of nitrogens with zero attached hydrogens (tertiary/aromatic N) is 4. The second-order valence-corrected chi connectivity index (χ2v) is 9.73. The van der Waals surface area contributed by atoms with Crippen molar-refractivity contribution in [3.63, 3.8) is 0 Å². The summed E-state index contributed by atoms with van der Waals surface area (Å²) in [6, 6.07) is 10.5. The molecule has 0 aliphatic rings. The highest BCUT2D eigenvalue weighted by Gasteiger charge is 2.34. The van der Waals surface area contributed by atoms with Crippen molar-refractivity contribution in [3.05, 3.63) is 110 Å². The number of rotatable bonds is 9. The maximum absolute atomic E-state index is 13.3. The molecule has 0 atom stereocenters. The first-order valence-corrected chi connectivity index (χ1v) is 13.6. The first kappa shape index (κ1) is 31.4. The summed E-state index contributed by atoms with van der Waals surface area (Å²) >= 11 is 6.47. The number of halogens is 4. The molecule has 0 saturated heterocycles. The van der Waals surface area contributed by atoms with Crippen LogP contribution in [0.3, 0.4) is 0 Å². The van der Waals surface area contributed by atoms with Crippen molar-refractivity contribution in [2.24, 2.45) is 4.99 Å². The Labute approximate surface area is 250 Å². The smallest absolute Gasteiger partial charge is 0.421 e. The molecule has 8 nitrogen and oxygen atoms in total. The number of benzene rings is 1. The van der Waals surface area contributed by atoms with Crippen LogP contribution in [0.25, 0.3) is 10.9 Å². The van der Waals surface area contributed by atoms with E-state index in [4.69, 9.17) is 21.1 Å². The van der Waals surface area contributed by atoms with Gasteiger partial charge in [-0.2, -0.15) is 13.2 Å². The standard InChI is InChI=1S/C31H28ClF3N4O4/c1-5-19(30(41)42-6-2)27(36-4)21-15-18(3)38-28-20(21)9-7-11-26(28)43-17-22-24(32)12-13-37-25(22)16-39-14-8-10-23(29(39)40)31(33,34)35/h5,7-15H,6,16-17H2,1-4H3/b19-5+,36-27?. The van der Waals surface area contributed by atoms with Crippen LogP contribution in [-0.4, -0.2) is 39.9 Å². The van der Waals surface area contributed by atoms with Crippen LogP contribution in [0.5, 0.6) is 5.75 Å². The number of carbonyl (C=O) groups excluding carboxylic acids is 1. The van der Waals surface area contributed by atoms with Gasteiger partial charge in [0.25, 0.3) is 5.56 Å². The van der Waals surface area contributed by atoms with E-state index >= 15 is 0 Å². The molecule has 1 aromatic carbocycles. The van der Waals surface area contributed by atoms with Gasteiger partial charge in [-0.15, -0.1) is 0 Å². The molecule has 3 aromatic heterocycles. The highest BCUT2D eigenvalue weighted by Crippen LogP contribution is 2.31. The number of hydrogen-bond acceptors (Lipinski definition) is 7. The average molecular weight is 613 g/mol. The molecule has 0 unspecified atom stereocenters. The van der Waals surface area contributed by atoms with E-state index in [2.05, 4.69) is 15.0 Å². The van der Waals surface area contributed by atoms with Gasteiger partial charge in [-0.25, -0.2) is 9.78 Å². The fourth-order valence-electron chi connectivity index (χ4n) is 4.59. The van der Waals surface area contributed by atoms with Crippen LogP contribution in [0.4, 0.5) is 13.2 Å². The quantitative estimate of drug-likeness (QED) is 0.125. The summed E-state index contributed by atoms with van der Waals surface area (Å²) < 4.78 is 52.2. The van der Waals surface area contributed by atoms with E-state index in [0.29, 0.717) is 44.8 Å². The predicted octanol–water partition coefficient (Wildman–Crippen LogP) is 6.33. The number of allylic oxidation sites excluding steroid dienone is 1. The van der Waals surface area contributed by atoms with Gasteiger partial charge in [0.15, 0.2) is 0 Å². The maximum Gasteiger partial charge on any atom is 0.421 e. The van der Waals surface area contributed by atoms with Crippen LogP contribution < -0.4 is 10.3 Å². The highest BCUT2D eigenvalue weighted by molar-refractivity contribution is 6.31. The minimum atomic E-state index is -4.79. The number of aryl methyl sites for hydroxylation is 1. The zero-order valence-corrected chi connectivity index (χ0v) is 24.6. The molecule has 43 heavy (non-hydrogen) atoms. The Morgan fingerprint density at radius 3 is 2.63 bits per heavy atom. The molecule has 0 fully saturated rings. The van der Waals surface area contributed by atoms with Gasteiger partial charge in [0.05, 0.1) is 35.2 Å². The molecule has 0 amide bonds. The van der Waals surface area contributed by atoms with Crippen molar-refractivity contribution in [3.8, 4) is 5.75 Å². The van der Waals surface area contributed by atoms with Crippen molar-refractivity contribution in [1.82, 2.24) is 14.5 Å². The van der Waals surface area contributed by atoms with Crippen LogP contribution in [0, 0.1) is 6.92 Å². The summed E-state index contributed by atoms with van der Waals surface area (Å²) in [6.45, 7) is 5.09. The molecule has 4 aromatic rings. The van der Waals surface area contributed by atoms with E-state index in [-0.39, 0.29) is 30.5 Å². The van der Waals surface area contributed by atoms with Crippen LogP contribution in [0.2, 0.25) is 5.02 Å². The lowest BCUT2D eigenvalue weighted by Crippen LogP contribution is -2.28. The van der Waals surface area contributed by atoms with Gasteiger partial charge in [-0.05, 0) is 51.1 Å². The summed E-state index contributed by atoms with van der Waals surface area (Å²) in [6.07, 6.45) is -0.489. The van der Waals surface area contributed by atoms with Crippen molar-refractivity contribution >= 4 is 34.2 Å². The van der Waals surface area contributed by atoms with Gasteiger partial charge in [0.1, 0.15) is 23.4 Å². The van der Waals surface area contributed by atoms with E-state index in [0.717, 1.165) is 16.7 Å². The fraction of sp³-hybridized carbons (Fsp3) is 0.258. The van der Waals surface area contributed by atoms with Gasteiger partial charge < -0.3 is 14.0 Å². The lowest BCUT2D eigenvalue weighted by Gasteiger charge is -2.17. The van der Waals surface area contributed by atoms with E-state index in [1.807, 2.05) is 12.1 Å². The SMILES string of the molecule is C/C=C(/C(=O)OCC)C(=NC)c1cc(C)nc2c(OCc3c(Cl)ccnc3Cn3cccc(C(F)(F)F)c3=O)cccc12. The number of carbonyl (C=O) groups is 1. The Kier molecular flexibility index (Phi) is 9.65. The molecule has 0 spiro atoms. The normalized spacial score (nSPS) is 12.5. The number of ether oxygens (including phenoxy) is 2. The Morgan fingerprint density at radius 2 is 1.95 bits per heavy atom. The molecule has 0 aliphatic heterocycles. The summed E-state index contributed by atoms with van der Waals surface area (Å²) in [5, 5.41) is 0.933. The summed E-state index contributed by atoms with van der Waals surface area (Å²) in [5.74, 6) is -0.114. The maximum atomic E-state index is 13.3. The molecule has 0 aliphatic carbocycles. The van der Waals surface area contributed by atoms with Crippen LogP contribution >= 0.6 is 11.6 Å². The number of pyridine rings is 3. The van der Waals surface area contributed by atoms with Crippen LogP contribution in [-0.2, 0) is 28.9 Å². The van der Waals surface area contributed by atoms with Crippen LogP contribution in [0.1, 0.15) is 41.9 Å². The lowest BCUT2D eigenvalue weighted by atomic mass is 9.97. The highest BCUT2D eigenvalue weighted by atomic mass is 35.5. The third-order valence-electron chi connectivity index (χ3n) is 6.55. The van der Waals surface area contributed by atoms with E-state index in [1.165, 1.54) is 18.5 Å². The fourth-order valence-corrected chi connectivity index (χ4v) is 4.81. The number of para-hydroxylation sites is 1. The van der Waals surface area contributed by atoms with Crippen molar-refractivity contribution in [2.45, 2.75) is 40.1 Å². The van der Waals surface area contributed by atoms with Crippen molar-refractivity contribution in [1.29, 1.82) is 0 Å². The molecule has 0 N–H and O–H groups in total. The zero-order chi connectivity index (χ0) is 31.3.